The Morgan fingerprint density at radius 2 is 1.57 bits per heavy atom. The second kappa shape index (κ2) is 10.1. The third kappa shape index (κ3) is 5.23. The highest BCUT2D eigenvalue weighted by Crippen LogP contribution is 2.36. The lowest BCUT2D eigenvalue weighted by atomic mass is 10.1. The van der Waals surface area contributed by atoms with E-state index >= 15 is 0 Å². The summed E-state index contributed by atoms with van der Waals surface area (Å²) in [4.78, 5) is 27.2. The minimum atomic E-state index is -4.05. The molecule has 1 aliphatic heterocycles. The van der Waals surface area contributed by atoms with Crippen LogP contribution >= 0.6 is 11.8 Å². The van der Waals surface area contributed by atoms with E-state index in [1.54, 1.807) is 36.4 Å². The van der Waals surface area contributed by atoms with Crippen molar-refractivity contribution in [1.29, 1.82) is 0 Å². The van der Waals surface area contributed by atoms with E-state index < -0.39 is 16.0 Å². The fourth-order valence-electron chi connectivity index (χ4n) is 3.90. The van der Waals surface area contributed by atoms with Gasteiger partial charge >= 0.3 is 10.1 Å². The summed E-state index contributed by atoms with van der Waals surface area (Å²) >= 11 is 0.855. The molecule has 1 aliphatic rings. The summed E-state index contributed by atoms with van der Waals surface area (Å²) in [5, 5.41) is 1.76. The number of amides is 2. The number of carbonyl (C=O) groups excluding carboxylic acids is 2. The van der Waals surface area contributed by atoms with Gasteiger partial charge in [0.15, 0.2) is 11.5 Å². The van der Waals surface area contributed by atoms with Crippen molar-refractivity contribution in [1.82, 2.24) is 4.90 Å². The van der Waals surface area contributed by atoms with Crippen molar-refractivity contribution in [2.24, 2.45) is 0 Å². The van der Waals surface area contributed by atoms with Crippen molar-refractivity contribution in [2.75, 3.05) is 7.11 Å². The number of benzene rings is 4. The molecule has 7 nitrogen and oxygen atoms in total. The molecule has 186 valence electrons. The van der Waals surface area contributed by atoms with Crippen LogP contribution in [-0.2, 0) is 21.5 Å². The predicted molar refractivity (Wildman–Crippen MR) is 143 cm³/mol. The van der Waals surface area contributed by atoms with E-state index in [4.69, 9.17) is 8.92 Å². The molecule has 4 aromatic rings. The van der Waals surface area contributed by atoms with Gasteiger partial charge in [0.1, 0.15) is 4.90 Å². The molecule has 1 heterocycles. The first-order chi connectivity index (χ1) is 17.8. The van der Waals surface area contributed by atoms with E-state index in [0.717, 1.165) is 28.1 Å². The second-order valence-electron chi connectivity index (χ2n) is 8.21. The van der Waals surface area contributed by atoms with E-state index in [2.05, 4.69) is 0 Å². The number of methoxy groups -OCH3 is 1. The Morgan fingerprint density at radius 1 is 0.838 bits per heavy atom. The van der Waals surface area contributed by atoms with Crippen LogP contribution in [0, 0.1) is 0 Å². The minimum absolute atomic E-state index is 0.00733. The van der Waals surface area contributed by atoms with Crippen LogP contribution in [0.3, 0.4) is 0 Å². The Bertz CT molecular complexity index is 1650. The quantitative estimate of drug-likeness (QED) is 0.218. The van der Waals surface area contributed by atoms with E-state index in [-0.39, 0.29) is 33.1 Å². The Morgan fingerprint density at radius 3 is 2.32 bits per heavy atom. The molecule has 0 N–H and O–H groups in total. The Balaban J connectivity index is 1.35. The van der Waals surface area contributed by atoms with E-state index in [1.807, 2.05) is 42.5 Å². The maximum absolute atomic E-state index is 13.0. The van der Waals surface area contributed by atoms with Crippen LogP contribution in [0.4, 0.5) is 4.79 Å². The van der Waals surface area contributed by atoms with Gasteiger partial charge in [-0.15, -0.1) is 0 Å². The zero-order valence-corrected chi connectivity index (χ0v) is 21.3. The third-order valence-corrected chi connectivity index (χ3v) is 7.90. The van der Waals surface area contributed by atoms with Gasteiger partial charge in [-0.2, -0.15) is 8.42 Å². The summed E-state index contributed by atoms with van der Waals surface area (Å²) in [6.07, 6.45) is 1.57. The normalized spacial score (nSPS) is 14.9. The molecule has 1 saturated heterocycles. The van der Waals surface area contributed by atoms with Crippen LogP contribution in [0.15, 0.2) is 101 Å². The number of fused-ring (bicyclic) bond motifs is 1. The van der Waals surface area contributed by atoms with Crippen LogP contribution in [0.5, 0.6) is 11.5 Å². The highest BCUT2D eigenvalue weighted by Gasteiger charge is 2.35. The largest absolute Gasteiger partial charge is 0.493 e. The number of nitrogens with zero attached hydrogens (tertiary/aromatic N) is 1. The Kier molecular flexibility index (Phi) is 6.73. The van der Waals surface area contributed by atoms with Crippen LogP contribution in [0.2, 0.25) is 0 Å². The second-order valence-corrected chi connectivity index (χ2v) is 10.7. The predicted octanol–water partition coefficient (Wildman–Crippen LogP) is 5.85. The standard InChI is InChI=1S/C28H21NO6S2/c1-34-25-16-19(12-14-24(25)35-37(32,33)23-9-3-2-4-10-23)17-26-27(30)29(28(31)36-26)18-20-11-13-21-7-5-6-8-22(21)15-20/h2-17H,18H2,1H3/b26-17-. The van der Waals surface area contributed by atoms with Gasteiger partial charge in [0.05, 0.1) is 18.6 Å². The van der Waals surface area contributed by atoms with Crippen molar-refractivity contribution in [3.05, 3.63) is 107 Å². The zero-order valence-electron chi connectivity index (χ0n) is 19.7. The first-order valence-electron chi connectivity index (χ1n) is 11.2. The van der Waals surface area contributed by atoms with E-state index in [9.17, 15) is 18.0 Å². The summed E-state index contributed by atoms with van der Waals surface area (Å²) in [5.41, 5.74) is 1.41. The monoisotopic (exact) mass is 531 g/mol. The van der Waals surface area contributed by atoms with Gasteiger partial charge in [-0.05, 0) is 70.1 Å². The van der Waals surface area contributed by atoms with Gasteiger partial charge in [0.2, 0.25) is 0 Å². The summed E-state index contributed by atoms with van der Waals surface area (Å²) in [6, 6.07) is 26.1. The first-order valence-corrected chi connectivity index (χ1v) is 13.5. The van der Waals surface area contributed by atoms with Crippen molar-refractivity contribution in [2.45, 2.75) is 11.4 Å². The zero-order chi connectivity index (χ0) is 26.0. The average Bonchev–Trinajstić information content (AvgIpc) is 3.17. The molecular weight excluding hydrogens is 510 g/mol. The van der Waals surface area contributed by atoms with Crippen LogP contribution < -0.4 is 8.92 Å². The molecule has 0 atom stereocenters. The molecule has 0 bridgehead atoms. The lowest BCUT2D eigenvalue weighted by molar-refractivity contribution is -0.123. The first kappa shape index (κ1) is 24.6. The Hall–Kier alpha value is -4.08. The fourth-order valence-corrected chi connectivity index (χ4v) is 5.70. The molecule has 37 heavy (non-hydrogen) atoms. The lowest BCUT2D eigenvalue weighted by Crippen LogP contribution is -2.27. The van der Waals surface area contributed by atoms with Crippen molar-refractivity contribution in [3.8, 4) is 11.5 Å². The van der Waals surface area contributed by atoms with E-state index in [1.165, 1.54) is 30.2 Å². The summed E-state index contributed by atoms with van der Waals surface area (Å²) in [7, 11) is -2.67. The van der Waals surface area contributed by atoms with Gasteiger partial charge in [-0.3, -0.25) is 14.5 Å². The number of rotatable bonds is 7. The number of imide groups is 1. The summed E-state index contributed by atoms with van der Waals surface area (Å²) in [5.74, 6) is -0.217. The molecule has 0 unspecified atom stereocenters. The highest BCUT2D eigenvalue weighted by atomic mass is 32.2. The van der Waals surface area contributed by atoms with Crippen LogP contribution in [0.25, 0.3) is 16.8 Å². The molecule has 4 aromatic carbocycles. The van der Waals surface area contributed by atoms with Gasteiger partial charge in [0, 0.05) is 0 Å². The number of carbonyl (C=O) groups is 2. The molecule has 0 aromatic heterocycles. The summed E-state index contributed by atoms with van der Waals surface area (Å²) in [6.45, 7) is 0.167. The van der Waals surface area contributed by atoms with Crippen molar-refractivity contribution >= 4 is 49.9 Å². The van der Waals surface area contributed by atoms with Crippen LogP contribution in [-0.4, -0.2) is 31.6 Å². The molecule has 5 rings (SSSR count). The smallest absolute Gasteiger partial charge is 0.339 e. The van der Waals surface area contributed by atoms with Gasteiger partial charge in [-0.25, -0.2) is 0 Å². The molecule has 0 spiro atoms. The molecule has 9 heteroatoms. The fraction of sp³-hybridized carbons (Fsp3) is 0.0714. The molecule has 0 saturated carbocycles. The van der Waals surface area contributed by atoms with Gasteiger partial charge in [-0.1, -0.05) is 60.7 Å². The topological polar surface area (TPSA) is 90.0 Å². The van der Waals surface area contributed by atoms with Gasteiger partial charge in [0.25, 0.3) is 11.1 Å². The molecule has 0 aliphatic carbocycles. The number of ether oxygens (including phenoxy) is 1. The third-order valence-electron chi connectivity index (χ3n) is 5.74. The van der Waals surface area contributed by atoms with Gasteiger partial charge < -0.3 is 8.92 Å². The number of thioether (sulfide) groups is 1. The van der Waals surface area contributed by atoms with Crippen molar-refractivity contribution < 1.29 is 26.9 Å². The lowest BCUT2D eigenvalue weighted by Gasteiger charge is -2.13. The Labute approximate surface area is 218 Å². The number of hydrogen-bond acceptors (Lipinski definition) is 7. The minimum Gasteiger partial charge on any atom is -0.493 e. The van der Waals surface area contributed by atoms with E-state index in [0.29, 0.717) is 5.56 Å². The maximum atomic E-state index is 13.0. The summed E-state index contributed by atoms with van der Waals surface area (Å²) < 4.78 is 35.8. The molecule has 1 fully saturated rings. The van der Waals surface area contributed by atoms with Crippen LogP contribution in [0.1, 0.15) is 11.1 Å². The number of hydrogen-bond donors (Lipinski definition) is 0. The highest BCUT2D eigenvalue weighted by molar-refractivity contribution is 8.18. The average molecular weight is 532 g/mol. The SMILES string of the molecule is COc1cc(/C=C2\SC(=O)N(Cc3ccc4ccccc4c3)C2=O)ccc1OS(=O)(=O)c1ccccc1. The molecular formula is C28H21NO6S2. The molecule has 0 radical (unpaired) electrons. The molecule has 2 amide bonds. The maximum Gasteiger partial charge on any atom is 0.339 e. The van der Waals surface area contributed by atoms with Crippen molar-refractivity contribution in [3.63, 3.8) is 0 Å².